The molecule has 1 aromatic carbocycles. The van der Waals surface area contributed by atoms with E-state index in [-0.39, 0.29) is 11.5 Å². The van der Waals surface area contributed by atoms with E-state index < -0.39 is 0 Å². The molecule has 1 unspecified atom stereocenters. The lowest BCUT2D eigenvalue weighted by molar-refractivity contribution is 0.0987. The Kier molecular flexibility index (Phi) is 3.30. The standard InChI is InChI=1S/C17H20BrNO/c1-11-4-5-12(8-14(11)18)19-7-6-13-15(19)9-17(2,3)10-16(13)20/h4-8,16,20H,9-10H2,1-3H3. The van der Waals surface area contributed by atoms with Crippen LogP contribution in [0.4, 0.5) is 0 Å². The summed E-state index contributed by atoms with van der Waals surface area (Å²) < 4.78 is 3.33. The van der Waals surface area contributed by atoms with Gasteiger partial charge in [-0.3, -0.25) is 0 Å². The topological polar surface area (TPSA) is 25.2 Å². The van der Waals surface area contributed by atoms with Crippen LogP contribution < -0.4 is 0 Å². The summed E-state index contributed by atoms with van der Waals surface area (Å²) in [5.74, 6) is 0. The Balaban J connectivity index is 2.10. The summed E-state index contributed by atoms with van der Waals surface area (Å²) in [6.45, 7) is 6.54. The average molecular weight is 334 g/mol. The third-order valence-corrected chi connectivity index (χ3v) is 5.07. The van der Waals surface area contributed by atoms with Gasteiger partial charge in [0.25, 0.3) is 0 Å². The molecular weight excluding hydrogens is 314 g/mol. The van der Waals surface area contributed by atoms with E-state index in [1.807, 2.05) is 0 Å². The Morgan fingerprint density at radius 3 is 2.75 bits per heavy atom. The maximum atomic E-state index is 10.3. The van der Waals surface area contributed by atoms with Gasteiger partial charge in [-0.25, -0.2) is 0 Å². The zero-order valence-electron chi connectivity index (χ0n) is 12.2. The quantitative estimate of drug-likeness (QED) is 0.813. The maximum Gasteiger partial charge on any atom is 0.0812 e. The van der Waals surface area contributed by atoms with E-state index in [0.717, 1.165) is 28.6 Å². The largest absolute Gasteiger partial charge is 0.388 e. The minimum absolute atomic E-state index is 0.143. The third kappa shape index (κ3) is 2.33. The van der Waals surface area contributed by atoms with E-state index in [9.17, 15) is 5.11 Å². The molecule has 20 heavy (non-hydrogen) atoms. The normalized spacial score (nSPS) is 20.8. The van der Waals surface area contributed by atoms with Gasteiger partial charge in [-0.15, -0.1) is 0 Å². The van der Waals surface area contributed by atoms with Crippen LogP contribution in [0, 0.1) is 12.3 Å². The average Bonchev–Trinajstić information content (AvgIpc) is 2.75. The Morgan fingerprint density at radius 1 is 1.30 bits per heavy atom. The summed E-state index contributed by atoms with van der Waals surface area (Å²) in [6.07, 6.45) is 3.56. The van der Waals surface area contributed by atoms with Crippen LogP contribution in [0.5, 0.6) is 0 Å². The van der Waals surface area contributed by atoms with Gasteiger partial charge in [0.15, 0.2) is 0 Å². The Bertz CT molecular complexity index is 657. The van der Waals surface area contributed by atoms with E-state index in [0.29, 0.717) is 0 Å². The third-order valence-electron chi connectivity index (χ3n) is 4.21. The van der Waals surface area contributed by atoms with E-state index in [1.54, 1.807) is 0 Å². The molecule has 1 aromatic heterocycles. The van der Waals surface area contributed by atoms with Crippen LogP contribution >= 0.6 is 15.9 Å². The van der Waals surface area contributed by atoms with Gasteiger partial charge in [0.1, 0.15) is 0 Å². The molecule has 1 N–H and O–H groups in total. The van der Waals surface area contributed by atoms with Crippen LogP contribution in [0.25, 0.3) is 5.69 Å². The van der Waals surface area contributed by atoms with Crippen molar-refractivity contribution in [1.29, 1.82) is 0 Å². The number of hydrogen-bond donors (Lipinski definition) is 1. The highest BCUT2D eigenvalue weighted by Gasteiger charge is 2.33. The van der Waals surface area contributed by atoms with Crippen LogP contribution in [-0.2, 0) is 6.42 Å². The highest BCUT2D eigenvalue weighted by atomic mass is 79.9. The zero-order chi connectivity index (χ0) is 14.5. The number of aromatic nitrogens is 1. The zero-order valence-corrected chi connectivity index (χ0v) is 13.7. The second kappa shape index (κ2) is 4.74. The Labute approximate surface area is 128 Å². The number of aryl methyl sites for hydroxylation is 1. The van der Waals surface area contributed by atoms with Crippen LogP contribution in [-0.4, -0.2) is 9.67 Å². The van der Waals surface area contributed by atoms with Gasteiger partial charge in [-0.2, -0.15) is 0 Å². The smallest absolute Gasteiger partial charge is 0.0812 e. The van der Waals surface area contributed by atoms with Gasteiger partial charge >= 0.3 is 0 Å². The van der Waals surface area contributed by atoms with E-state index in [2.05, 4.69) is 71.7 Å². The molecule has 3 rings (SSSR count). The SMILES string of the molecule is Cc1ccc(-n2ccc3c2CC(C)(C)CC3O)cc1Br. The monoisotopic (exact) mass is 333 g/mol. The molecule has 0 amide bonds. The molecule has 1 heterocycles. The predicted octanol–water partition coefficient (Wildman–Crippen LogP) is 4.55. The minimum atomic E-state index is -0.344. The molecule has 1 aliphatic carbocycles. The first-order valence-electron chi connectivity index (χ1n) is 7.02. The summed E-state index contributed by atoms with van der Waals surface area (Å²) in [6, 6.07) is 8.46. The van der Waals surface area contributed by atoms with E-state index >= 15 is 0 Å². The predicted molar refractivity (Wildman–Crippen MR) is 85.3 cm³/mol. The van der Waals surface area contributed by atoms with Gasteiger partial charge in [0, 0.05) is 27.6 Å². The van der Waals surface area contributed by atoms with Crippen LogP contribution in [0.15, 0.2) is 34.9 Å². The van der Waals surface area contributed by atoms with Crippen LogP contribution in [0.2, 0.25) is 0 Å². The molecule has 0 saturated heterocycles. The van der Waals surface area contributed by atoms with Crippen molar-refractivity contribution in [3.63, 3.8) is 0 Å². The summed E-state index contributed by atoms with van der Waals surface area (Å²) in [4.78, 5) is 0. The van der Waals surface area contributed by atoms with Gasteiger partial charge in [-0.1, -0.05) is 35.8 Å². The number of fused-ring (bicyclic) bond motifs is 1. The summed E-state index contributed by atoms with van der Waals surface area (Å²) in [7, 11) is 0. The molecule has 0 spiro atoms. The molecular formula is C17H20BrNO. The van der Waals surface area contributed by atoms with Crippen molar-refractivity contribution in [3.8, 4) is 5.69 Å². The van der Waals surface area contributed by atoms with Crippen molar-refractivity contribution in [2.45, 2.75) is 39.7 Å². The number of aliphatic hydroxyl groups excluding tert-OH is 1. The highest BCUT2D eigenvalue weighted by Crippen LogP contribution is 2.41. The van der Waals surface area contributed by atoms with Gasteiger partial charge in [0.05, 0.1) is 6.10 Å². The van der Waals surface area contributed by atoms with Crippen molar-refractivity contribution >= 4 is 15.9 Å². The van der Waals surface area contributed by atoms with Gasteiger partial charge < -0.3 is 9.67 Å². The van der Waals surface area contributed by atoms with Crippen molar-refractivity contribution < 1.29 is 5.11 Å². The fourth-order valence-corrected chi connectivity index (χ4v) is 3.47. The number of rotatable bonds is 1. The fourth-order valence-electron chi connectivity index (χ4n) is 3.10. The van der Waals surface area contributed by atoms with Crippen LogP contribution in [0.3, 0.4) is 0 Å². The Hall–Kier alpha value is -1.06. The summed E-state index contributed by atoms with van der Waals surface area (Å²) >= 11 is 3.60. The number of halogens is 1. The second-order valence-electron chi connectivity index (χ2n) is 6.58. The number of hydrogen-bond acceptors (Lipinski definition) is 1. The van der Waals surface area contributed by atoms with Crippen LogP contribution in [0.1, 0.15) is 43.2 Å². The van der Waals surface area contributed by atoms with Crippen molar-refractivity contribution in [2.24, 2.45) is 5.41 Å². The highest BCUT2D eigenvalue weighted by molar-refractivity contribution is 9.10. The molecule has 2 nitrogen and oxygen atoms in total. The lowest BCUT2D eigenvalue weighted by Crippen LogP contribution is -2.26. The molecule has 0 aliphatic heterocycles. The molecule has 2 aromatic rings. The van der Waals surface area contributed by atoms with Gasteiger partial charge in [0.2, 0.25) is 0 Å². The van der Waals surface area contributed by atoms with Crippen molar-refractivity contribution in [2.75, 3.05) is 0 Å². The molecule has 0 fully saturated rings. The maximum absolute atomic E-state index is 10.3. The molecule has 1 aliphatic rings. The summed E-state index contributed by atoms with van der Waals surface area (Å²) in [5.41, 5.74) is 4.85. The lowest BCUT2D eigenvalue weighted by Gasteiger charge is -2.34. The first-order chi connectivity index (χ1) is 9.37. The van der Waals surface area contributed by atoms with Gasteiger partial charge in [-0.05, 0) is 48.9 Å². The summed E-state index contributed by atoms with van der Waals surface area (Å²) in [5, 5.41) is 10.3. The molecule has 0 radical (unpaired) electrons. The second-order valence-corrected chi connectivity index (χ2v) is 7.44. The molecule has 0 bridgehead atoms. The molecule has 3 heteroatoms. The number of benzene rings is 1. The Morgan fingerprint density at radius 2 is 2.05 bits per heavy atom. The van der Waals surface area contributed by atoms with E-state index in [1.165, 1.54) is 11.3 Å². The number of aliphatic hydroxyl groups is 1. The first kappa shape index (κ1) is 13.9. The molecule has 106 valence electrons. The minimum Gasteiger partial charge on any atom is -0.388 e. The first-order valence-corrected chi connectivity index (χ1v) is 7.81. The van der Waals surface area contributed by atoms with Crippen molar-refractivity contribution in [1.82, 2.24) is 4.57 Å². The fraction of sp³-hybridized carbons (Fsp3) is 0.412. The number of nitrogens with zero attached hydrogens (tertiary/aromatic N) is 1. The lowest BCUT2D eigenvalue weighted by atomic mass is 9.75. The molecule has 0 saturated carbocycles. The molecule has 1 atom stereocenters. The van der Waals surface area contributed by atoms with Crippen molar-refractivity contribution in [3.05, 3.63) is 51.8 Å². The van der Waals surface area contributed by atoms with E-state index in [4.69, 9.17) is 0 Å².